The summed E-state index contributed by atoms with van der Waals surface area (Å²) in [6.45, 7) is 3.84. The molecule has 0 radical (unpaired) electrons. The molecule has 1 aliphatic rings. The zero-order valence-corrected chi connectivity index (χ0v) is 20.7. The third kappa shape index (κ3) is 4.57. The lowest BCUT2D eigenvalue weighted by Gasteiger charge is -2.26. The van der Waals surface area contributed by atoms with Gasteiger partial charge in [-0.25, -0.2) is 4.79 Å². The number of halogens is 1. The number of carbonyl (C=O) groups excluding carboxylic acids is 3. The number of methoxy groups -OCH3 is 1. The summed E-state index contributed by atoms with van der Waals surface area (Å²) in [6, 6.07) is 17.3. The number of carbonyl (C=O) groups is 3. The minimum atomic E-state index is -0.903. The van der Waals surface area contributed by atoms with E-state index in [1.807, 2.05) is 25.1 Å². The topological polar surface area (TPSA) is 93.1 Å². The summed E-state index contributed by atoms with van der Waals surface area (Å²) >= 11 is 6.13. The van der Waals surface area contributed by atoms with Gasteiger partial charge in [-0.1, -0.05) is 41.4 Å². The number of esters is 1. The highest BCUT2D eigenvalue weighted by atomic mass is 35.5. The van der Waals surface area contributed by atoms with Crippen LogP contribution in [-0.4, -0.2) is 36.5 Å². The number of hydrogen-bond acceptors (Lipinski definition) is 6. The maximum atomic E-state index is 13.3. The van der Waals surface area contributed by atoms with E-state index in [9.17, 15) is 19.5 Å². The van der Waals surface area contributed by atoms with Gasteiger partial charge in [-0.15, -0.1) is 0 Å². The van der Waals surface area contributed by atoms with Gasteiger partial charge < -0.3 is 14.6 Å². The van der Waals surface area contributed by atoms with Crippen molar-refractivity contribution in [1.29, 1.82) is 0 Å². The van der Waals surface area contributed by atoms with Crippen molar-refractivity contribution in [3.05, 3.63) is 99.6 Å². The molecular formula is C28H24ClNO6. The molecule has 3 aromatic rings. The van der Waals surface area contributed by atoms with Crippen LogP contribution in [0.2, 0.25) is 5.02 Å². The van der Waals surface area contributed by atoms with Gasteiger partial charge in [0.25, 0.3) is 11.7 Å². The van der Waals surface area contributed by atoms with Gasteiger partial charge in [0.15, 0.2) is 0 Å². The lowest BCUT2D eigenvalue weighted by atomic mass is 9.94. The molecule has 0 bridgehead atoms. The predicted octanol–water partition coefficient (Wildman–Crippen LogP) is 5.46. The number of benzene rings is 3. The number of ether oxygens (including phenoxy) is 2. The lowest BCUT2D eigenvalue weighted by Crippen LogP contribution is -2.29. The highest BCUT2D eigenvalue weighted by molar-refractivity contribution is 6.51. The average molecular weight is 506 g/mol. The summed E-state index contributed by atoms with van der Waals surface area (Å²) in [5, 5.41) is 11.6. The molecule has 0 spiro atoms. The second-order valence-corrected chi connectivity index (χ2v) is 8.61. The predicted molar refractivity (Wildman–Crippen MR) is 136 cm³/mol. The van der Waals surface area contributed by atoms with Crippen molar-refractivity contribution in [1.82, 2.24) is 0 Å². The van der Waals surface area contributed by atoms with Crippen LogP contribution >= 0.6 is 11.6 Å². The molecule has 0 aliphatic carbocycles. The third-order valence-corrected chi connectivity index (χ3v) is 6.20. The molecule has 1 saturated heterocycles. The Morgan fingerprint density at radius 1 is 1.03 bits per heavy atom. The van der Waals surface area contributed by atoms with Crippen molar-refractivity contribution in [2.24, 2.45) is 0 Å². The van der Waals surface area contributed by atoms with Crippen LogP contribution in [0.15, 0.2) is 72.3 Å². The summed E-state index contributed by atoms with van der Waals surface area (Å²) in [7, 11) is 1.44. The van der Waals surface area contributed by atoms with Crippen molar-refractivity contribution in [3.8, 4) is 5.75 Å². The number of ketones is 1. The molecule has 1 amide bonds. The Morgan fingerprint density at radius 3 is 2.36 bits per heavy atom. The molecule has 184 valence electrons. The summed E-state index contributed by atoms with van der Waals surface area (Å²) < 4.78 is 10.3. The van der Waals surface area contributed by atoms with Gasteiger partial charge in [0, 0.05) is 11.3 Å². The lowest BCUT2D eigenvalue weighted by molar-refractivity contribution is -0.132. The Hall–Kier alpha value is -4.10. The Balaban J connectivity index is 1.88. The van der Waals surface area contributed by atoms with Gasteiger partial charge >= 0.3 is 5.97 Å². The number of hydrogen-bond donors (Lipinski definition) is 1. The van der Waals surface area contributed by atoms with E-state index < -0.39 is 23.7 Å². The zero-order valence-electron chi connectivity index (χ0n) is 19.9. The maximum Gasteiger partial charge on any atom is 0.338 e. The van der Waals surface area contributed by atoms with Crippen molar-refractivity contribution < 1.29 is 29.0 Å². The number of nitrogens with zero attached hydrogens (tertiary/aromatic N) is 1. The highest BCUT2D eigenvalue weighted by Crippen LogP contribution is 2.43. The summed E-state index contributed by atoms with van der Waals surface area (Å²) in [5.41, 5.74) is 2.49. The standard InChI is InChI=1S/C28H24ClNO6/c1-4-36-28(34)17-8-11-20(12-9-17)30-24(18-7-5-6-16(2)14-18)23(26(32)27(30)33)25(31)19-10-13-21(29)22(15-19)35-3/h5-15,24,31H,4H2,1-3H3/b25-23-. The van der Waals surface area contributed by atoms with Gasteiger partial charge in [-0.3, -0.25) is 14.5 Å². The van der Waals surface area contributed by atoms with Crippen LogP contribution < -0.4 is 9.64 Å². The fourth-order valence-corrected chi connectivity index (χ4v) is 4.38. The number of aliphatic hydroxyl groups excluding tert-OH is 1. The van der Waals surface area contributed by atoms with Crippen LogP contribution in [0.4, 0.5) is 5.69 Å². The molecule has 1 atom stereocenters. The van der Waals surface area contributed by atoms with Crippen molar-refractivity contribution in [2.75, 3.05) is 18.6 Å². The number of Topliss-reactive ketones (excluding diaryl/α,β-unsaturated/α-hetero) is 1. The minimum absolute atomic E-state index is 0.0653. The van der Waals surface area contributed by atoms with Crippen LogP contribution in [-0.2, 0) is 14.3 Å². The Labute approximate surface area is 213 Å². The van der Waals surface area contributed by atoms with Crippen molar-refractivity contribution in [2.45, 2.75) is 19.9 Å². The normalized spacial score (nSPS) is 16.8. The largest absolute Gasteiger partial charge is 0.507 e. The molecule has 1 aliphatic heterocycles. The third-order valence-electron chi connectivity index (χ3n) is 5.88. The van der Waals surface area contributed by atoms with Crippen molar-refractivity contribution in [3.63, 3.8) is 0 Å². The van der Waals surface area contributed by atoms with E-state index in [1.165, 1.54) is 30.2 Å². The second kappa shape index (κ2) is 10.3. The first-order valence-corrected chi connectivity index (χ1v) is 11.6. The fraction of sp³-hybridized carbons (Fsp3) is 0.179. The van der Waals surface area contributed by atoms with E-state index in [4.69, 9.17) is 21.1 Å². The quantitative estimate of drug-likeness (QED) is 0.207. The minimum Gasteiger partial charge on any atom is -0.507 e. The molecule has 1 N–H and O–H groups in total. The number of aryl methyl sites for hydroxylation is 1. The molecule has 36 heavy (non-hydrogen) atoms. The molecule has 0 saturated carbocycles. The molecule has 0 aromatic heterocycles. The molecule has 7 nitrogen and oxygen atoms in total. The van der Waals surface area contributed by atoms with E-state index in [0.717, 1.165) is 5.56 Å². The van der Waals surface area contributed by atoms with Crippen LogP contribution in [0.25, 0.3) is 5.76 Å². The average Bonchev–Trinajstić information content (AvgIpc) is 3.14. The fourth-order valence-electron chi connectivity index (χ4n) is 4.19. The monoisotopic (exact) mass is 505 g/mol. The number of rotatable bonds is 6. The van der Waals surface area contributed by atoms with Gasteiger partial charge in [0.2, 0.25) is 0 Å². The van der Waals surface area contributed by atoms with E-state index in [1.54, 1.807) is 37.3 Å². The molecule has 1 heterocycles. The van der Waals surface area contributed by atoms with Gasteiger partial charge in [-0.2, -0.15) is 0 Å². The molecular weight excluding hydrogens is 482 g/mol. The number of aliphatic hydroxyl groups is 1. The molecule has 3 aromatic carbocycles. The SMILES string of the molecule is CCOC(=O)c1ccc(N2C(=O)C(=O)/C(=C(\O)c3ccc(Cl)c(OC)c3)C2c2cccc(C)c2)cc1. The molecule has 1 unspecified atom stereocenters. The Kier molecular flexibility index (Phi) is 7.12. The number of anilines is 1. The Bertz CT molecular complexity index is 1380. The zero-order chi connectivity index (χ0) is 26.0. The van der Waals surface area contributed by atoms with Crippen molar-refractivity contribution >= 4 is 40.7 Å². The molecule has 8 heteroatoms. The van der Waals surface area contributed by atoms with Crippen LogP contribution in [0.3, 0.4) is 0 Å². The van der Waals surface area contributed by atoms with Crippen LogP contribution in [0, 0.1) is 6.92 Å². The van der Waals surface area contributed by atoms with Gasteiger partial charge in [0.05, 0.1) is 35.9 Å². The highest BCUT2D eigenvalue weighted by Gasteiger charge is 2.47. The van der Waals surface area contributed by atoms with Gasteiger partial charge in [-0.05, 0) is 61.9 Å². The van der Waals surface area contributed by atoms with Crippen LogP contribution in [0.5, 0.6) is 5.75 Å². The maximum absolute atomic E-state index is 13.3. The first-order chi connectivity index (χ1) is 17.3. The van der Waals surface area contributed by atoms with E-state index in [-0.39, 0.29) is 23.5 Å². The summed E-state index contributed by atoms with van der Waals surface area (Å²) in [4.78, 5) is 40.0. The molecule has 1 fully saturated rings. The summed E-state index contributed by atoms with van der Waals surface area (Å²) in [5.74, 6) is -2.15. The van der Waals surface area contributed by atoms with E-state index >= 15 is 0 Å². The van der Waals surface area contributed by atoms with Gasteiger partial charge in [0.1, 0.15) is 11.5 Å². The summed E-state index contributed by atoms with van der Waals surface area (Å²) in [6.07, 6.45) is 0. The smallest absolute Gasteiger partial charge is 0.338 e. The molecule has 4 rings (SSSR count). The van der Waals surface area contributed by atoms with E-state index in [0.29, 0.717) is 27.6 Å². The first kappa shape index (κ1) is 25.0. The Morgan fingerprint density at radius 2 is 1.72 bits per heavy atom. The van der Waals surface area contributed by atoms with E-state index in [2.05, 4.69) is 0 Å². The second-order valence-electron chi connectivity index (χ2n) is 8.20. The first-order valence-electron chi connectivity index (χ1n) is 11.3. The number of amides is 1. The van der Waals surface area contributed by atoms with Crippen LogP contribution in [0.1, 0.15) is 40.0 Å².